The average Bonchev–Trinajstić information content (AvgIpc) is 2.93. The van der Waals surface area contributed by atoms with Crippen LogP contribution in [0.15, 0.2) is 4.52 Å². The van der Waals surface area contributed by atoms with Crippen LogP contribution >= 0.6 is 0 Å². The Bertz CT molecular complexity index is 320. The molecule has 2 rings (SSSR count). The zero-order valence-electron chi connectivity index (χ0n) is 9.14. The zero-order valence-corrected chi connectivity index (χ0v) is 9.14. The highest BCUT2D eigenvalue weighted by atomic mass is 16.5. The third-order valence-electron chi connectivity index (χ3n) is 2.32. The van der Waals surface area contributed by atoms with Gasteiger partial charge in [0.15, 0.2) is 5.82 Å². The molecule has 0 aliphatic heterocycles. The topological polar surface area (TPSA) is 74.2 Å². The van der Waals surface area contributed by atoms with E-state index in [0.29, 0.717) is 18.3 Å². The minimum atomic E-state index is -0.288. The lowest BCUT2D eigenvalue weighted by atomic mass is 10.3. The molecule has 0 radical (unpaired) electrons. The third-order valence-corrected chi connectivity index (χ3v) is 2.32. The van der Waals surface area contributed by atoms with Crippen molar-refractivity contribution in [3.63, 3.8) is 0 Å². The predicted octanol–water partition coefficient (Wildman–Crippen LogP) is 1.37. The molecule has 15 heavy (non-hydrogen) atoms. The summed E-state index contributed by atoms with van der Waals surface area (Å²) in [4.78, 5) is 4.27. The first-order valence-electron chi connectivity index (χ1n) is 5.37. The molecule has 5 heteroatoms. The molecule has 1 heterocycles. The molecular formula is C10H17N3O2. The van der Waals surface area contributed by atoms with Crippen LogP contribution in [0.3, 0.4) is 0 Å². The molecular weight excluding hydrogens is 194 g/mol. The number of ether oxygens (including phenoxy) is 1. The van der Waals surface area contributed by atoms with Gasteiger partial charge in [0.25, 0.3) is 0 Å². The van der Waals surface area contributed by atoms with Gasteiger partial charge in [-0.15, -0.1) is 0 Å². The van der Waals surface area contributed by atoms with Crippen LogP contribution in [-0.2, 0) is 4.74 Å². The van der Waals surface area contributed by atoms with E-state index < -0.39 is 0 Å². The monoisotopic (exact) mass is 211 g/mol. The molecule has 84 valence electrons. The van der Waals surface area contributed by atoms with Gasteiger partial charge >= 0.3 is 0 Å². The van der Waals surface area contributed by atoms with Crippen molar-refractivity contribution in [2.75, 3.05) is 6.61 Å². The summed E-state index contributed by atoms with van der Waals surface area (Å²) in [5, 5.41) is 3.86. The van der Waals surface area contributed by atoms with E-state index in [9.17, 15) is 0 Å². The van der Waals surface area contributed by atoms with Gasteiger partial charge in [0.1, 0.15) is 0 Å². The number of hydrogen-bond donors (Lipinski definition) is 1. The smallest absolute Gasteiger partial charge is 0.229 e. The number of nitrogens with zero attached hydrogens (tertiary/aromatic N) is 2. The molecule has 1 aliphatic rings. The molecule has 5 nitrogen and oxygen atoms in total. The number of rotatable bonds is 5. The molecule has 1 aliphatic carbocycles. The highest BCUT2D eigenvalue weighted by Crippen LogP contribution is 2.39. The van der Waals surface area contributed by atoms with Gasteiger partial charge in [-0.3, -0.25) is 0 Å². The fourth-order valence-electron chi connectivity index (χ4n) is 1.26. The van der Waals surface area contributed by atoms with Gasteiger partial charge in [0.2, 0.25) is 5.89 Å². The summed E-state index contributed by atoms with van der Waals surface area (Å²) in [5.74, 6) is 1.76. The molecule has 1 aromatic rings. The molecule has 1 aromatic heterocycles. The molecule has 1 fully saturated rings. The van der Waals surface area contributed by atoms with Gasteiger partial charge < -0.3 is 15.0 Å². The van der Waals surface area contributed by atoms with Crippen molar-refractivity contribution in [3.05, 3.63) is 11.7 Å². The quantitative estimate of drug-likeness (QED) is 0.796. The standard InChI is InChI=1S/C10H17N3O2/c1-6(2)14-5-8(11)9-12-10(15-13-9)7-3-4-7/h6-8H,3-5,11H2,1-2H3. The Morgan fingerprint density at radius 3 is 2.87 bits per heavy atom. The van der Waals surface area contributed by atoms with Crippen molar-refractivity contribution in [2.45, 2.75) is 44.8 Å². The van der Waals surface area contributed by atoms with Gasteiger partial charge in [-0.2, -0.15) is 4.98 Å². The van der Waals surface area contributed by atoms with E-state index in [4.69, 9.17) is 15.0 Å². The summed E-state index contributed by atoms with van der Waals surface area (Å²) < 4.78 is 10.5. The Kier molecular flexibility index (Phi) is 3.02. The normalized spacial score (nSPS) is 18.4. The van der Waals surface area contributed by atoms with Crippen LogP contribution in [-0.4, -0.2) is 22.9 Å². The summed E-state index contributed by atoms with van der Waals surface area (Å²) >= 11 is 0. The summed E-state index contributed by atoms with van der Waals surface area (Å²) in [7, 11) is 0. The number of nitrogens with two attached hydrogens (primary N) is 1. The van der Waals surface area contributed by atoms with E-state index in [-0.39, 0.29) is 12.1 Å². The number of hydrogen-bond acceptors (Lipinski definition) is 5. The zero-order chi connectivity index (χ0) is 10.8. The Morgan fingerprint density at radius 2 is 2.27 bits per heavy atom. The van der Waals surface area contributed by atoms with Crippen molar-refractivity contribution in [1.29, 1.82) is 0 Å². The van der Waals surface area contributed by atoms with Crippen molar-refractivity contribution in [3.8, 4) is 0 Å². The van der Waals surface area contributed by atoms with Gasteiger partial charge in [0, 0.05) is 5.92 Å². The summed E-state index contributed by atoms with van der Waals surface area (Å²) in [6.07, 6.45) is 2.48. The van der Waals surface area contributed by atoms with Crippen LogP contribution in [0, 0.1) is 0 Å². The van der Waals surface area contributed by atoms with E-state index in [2.05, 4.69) is 10.1 Å². The molecule has 0 bridgehead atoms. The highest BCUT2D eigenvalue weighted by Gasteiger charge is 2.30. The summed E-state index contributed by atoms with van der Waals surface area (Å²) in [6.45, 7) is 4.37. The molecule has 2 N–H and O–H groups in total. The fraction of sp³-hybridized carbons (Fsp3) is 0.800. The second kappa shape index (κ2) is 4.28. The van der Waals surface area contributed by atoms with Crippen LogP contribution in [0.2, 0.25) is 0 Å². The highest BCUT2D eigenvalue weighted by molar-refractivity contribution is 5.03. The summed E-state index contributed by atoms with van der Waals surface area (Å²) in [6, 6.07) is -0.288. The summed E-state index contributed by atoms with van der Waals surface area (Å²) in [5.41, 5.74) is 5.87. The maximum absolute atomic E-state index is 5.87. The van der Waals surface area contributed by atoms with Crippen molar-refractivity contribution in [1.82, 2.24) is 10.1 Å². The SMILES string of the molecule is CC(C)OCC(N)c1noc(C2CC2)n1. The fourth-order valence-corrected chi connectivity index (χ4v) is 1.26. The van der Waals surface area contributed by atoms with Crippen LogP contribution in [0.1, 0.15) is 50.4 Å². The van der Waals surface area contributed by atoms with Crippen molar-refractivity contribution >= 4 is 0 Å². The predicted molar refractivity (Wildman–Crippen MR) is 54.3 cm³/mol. The Morgan fingerprint density at radius 1 is 1.53 bits per heavy atom. The van der Waals surface area contributed by atoms with Crippen LogP contribution < -0.4 is 5.73 Å². The van der Waals surface area contributed by atoms with Gasteiger partial charge in [-0.1, -0.05) is 5.16 Å². The first-order chi connectivity index (χ1) is 7.16. The molecule has 1 atom stereocenters. The van der Waals surface area contributed by atoms with E-state index in [1.54, 1.807) is 0 Å². The van der Waals surface area contributed by atoms with Crippen molar-refractivity contribution in [2.24, 2.45) is 5.73 Å². The van der Waals surface area contributed by atoms with E-state index in [0.717, 1.165) is 18.7 Å². The van der Waals surface area contributed by atoms with Crippen LogP contribution in [0.5, 0.6) is 0 Å². The molecule has 1 saturated carbocycles. The lowest BCUT2D eigenvalue weighted by Gasteiger charge is -2.10. The third kappa shape index (κ3) is 2.76. The molecule has 1 unspecified atom stereocenters. The van der Waals surface area contributed by atoms with Gasteiger partial charge in [-0.05, 0) is 26.7 Å². The largest absolute Gasteiger partial charge is 0.377 e. The Hall–Kier alpha value is -0.940. The van der Waals surface area contributed by atoms with E-state index in [1.165, 1.54) is 0 Å². The second-order valence-electron chi connectivity index (χ2n) is 4.25. The maximum atomic E-state index is 5.87. The first kappa shape index (κ1) is 10.6. The minimum Gasteiger partial charge on any atom is -0.377 e. The van der Waals surface area contributed by atoms with Crippen LogP contribution in [0.25, 0.3) is 0 Å². The lowest BCUT2D eigenvalue weighted by molar-refractivity contribution is 0.0665. The van der Waals surface area contributed by atoms with Gasteiger partial charge in [-0.25, -0.2) is 0 Å². The number of aromatic nitrogens is 2. The minimum absolute atomic E-state index is 0.172. The van der Waals surface area contributed by atoms with Crippen LogP contribution in [0.4, 0.5) is 0 Å². The van der Waals surface area contributed by atoms with E-state index >= 15 is 0 Å². The Labute approximate surface area is 89.0 Å². The molecule has 0 aromatic carbocycles. The average molecular weight is 211 g/mol. The molecule has 0 amide bonds. The van der Waals surface area contributed by atoms with Gasteiger partial charge in [0.05, 0.1) is 18.8 Å². The van der Waals surface area contributed by atoms with Crippen molar-refractivity contribution < 1.29 is 9.26 Å². The Balaban J connectivity index is 1.89. The second-order valence-corrected chi connectivity index (χ2v) is 4.25. The lowest BCUT2D eigenvalue weighted by Crippen LogP contribution is -2.20. The van der Waals surface area contributed by atoms with E-state index in [1.807, 2.05) is 13.8 Å². The molecule has 0 saturated heterocycles. The maximum Gasteiger partial charge on any atom is 0.229 e. The molecule has 0 spiro atoms. The first-order valence-corrected chi connectivity index (χ1v) is 5.37.